The average molecular weight is 348 g/mol. The van der Waals surface area contributed by atoms with Gasteiger partial charge in [0, 0.05) is 30.6 Å². The van der Waals surface area contributed by atoms with Crippen LogP contribution in [0, 0.1) is 6.92 Å². The van der Waals surface area contributed by atoms with Crippen molar-refractivity contribution in [2.75, 3.05) is 27.3 Å². The zero-order valence-corrected chi connectivity index (χ0v) is 15.2. The van der Waals surface area contributed by atoms with Gasteiger partial charge in [0.05, 0.1) is 19.2 Å². The van der Waals surface area contributed by atoms with E-state index in [1.54, 1.807) is 25.6 Å². The third-order valence-electron chi connectivity index (χ3n) is 3.44. The summed E-state index contributed by atoms with van der Waals surface area (Å²) in [6.45, 7) is 3.40. The highest BCUT2D eigenvalue weighted by Crippen LogP contribution is 2.27. The Kier molecular flexibility index (Phi) is 6.87. The van der Waals surface area contributed by atoms with Crippen LogP contribution in [-0.2, 0) is 12.8 Å². The fourth-order valence-electron chi connectivity index (χ4n) is 2.22. The SMILES string of the molecule is COc1ccc(CCNC(N)=NCCc2ncc(C)s2)cc1OC. The van der Waals surface area contributed by atoms with E-state index in [2.05, 4.69) is 22.2 Å². The molecule has 0 aliphatic heterocycles. The first kappa shape index (κ1) is 18.1. The fraction of sp³-hybridized carbons (Fsp3) is 0.412. The summed E-state index contributed by atoms with van der Waals surface area (Å²) in [6, 6.07) is 5.89. The molecule has 2 rings (SSSR count). The number of aryl methyl sites for hydroxylation is 1. The quantitative estimate of drug-likeness (QED) is 0.564. The highest BCUT2D eigenvalue weighted by Gasteiger charge is 2.04. The first-order valence-electron chi connectivity index (χ1n) is 7.78. The summed E-state index contributed by atoms with van der Waals surface area (Å²) in [5, 5.41) is 4.22. The largest absolute Gasteiger partial charge is 0.493 e. The minimum absolute atomic E-state index is 0.462. The molecule has 7 heteroatoms. The molecule has 0 aliphatic carbocycles. The van der Waals surface area contributed by atoms with Crippen LogP contribution in [0.5, 0.6) is 11.5 Å². The van der Waals surface area contributed by atoms with E-state index in [1.807, 2.05) is 24.4 Å². The summed E-state index contributed by atoms with van der Waals surface area (Å²) in [6.07, 6.45) is 3.52. The van der Waals surface area contributed by atoms with Gasteiger partial charge in [-0.15, -0.1) is 11.3 Å². The lowest BCUT2D eigenvalue weighted by Gasteiger charge is -2.10. The van der Waals surface area contributed by atoms with Crippen LogP contribution in [0.3, 0.4) is 0 Å². The Balaban J connectivity index is 1.75. The summed E-state index contributed by atoms with van der Waals surface area (Å²) in [5.74, 6) is 1.92. The van der Waals surface area contributed by atoms with Crippen LogP contribution in [0.4, 0.5) is 0 Å². The lowest BCUT2D eigenvalue weighted by Crippen LogP contribution is -2.33. The second-order valence-corrected chi connectivity index (χ2v) is 6.57. The van der Waals surface area contributed by atoms with Crippen LogP contribution in [-0.4, -0.2) is 38.3 Å². The maximum Gasteiger partial charge on any atom is 0.188 e. The van der Waals surface area contributed by atoms with Crippen LogP contribution in [0.2, 0.25) is 0 Å². The molecule has 0 radical (unpaired) electrons. The fourth-order valence-corrected chi connectivity index (χ4v) is 2.99. The van der Waals surface area contributed by atoms with Crippen molar-refractivity contribution in [1.29, 1.82) is 0 Å². The van der Waals surface area contributed by atoms with E-state index in [9.17, 15) is 0 Å². The molecule has 24 heavy (non-hydrogen) atoms. The Morgan fingerprint density at radius 3 is 2.71 bits per heavy atom. The molecule has 0 unspecified atom stereocenters. The van der Waals surface area contributed by atoms with Gasteiger partial charge in [-0.1, -0.05) is 6.07 Å². The van der Waals surface area contributed by atoms with Crippen molar-refractivity contribution in [3.63, 3.8) is 0 Å². The van der Waals surface area contributed by atoms with Crippen molar-refractivity contribution in [3.05, 3.63) is 39.8 Å². The standard InChI is InChI=1S/C17H24N4O2S/c1-12-11-21-16(24-12)7-9-20-17(18)19-8-6-13-4-5-14(22-2)15(10-13)23-3/h4-5,10-11H,6-9H2,1-3H3,(H3,18,19,20). The van der Waals surface area contributed by atoms with Gasteiger partial charge in [0.2, 0.25) is 0 Å². The normalized spacial score (nSPS) is 11.4. The number of hydrogen-bond donors (Lipinski definition) is 2. The van der Waals surface area contributed by atoms with E-state index in [4.69, 9.17) is 15.2 Å². The summed E-state index contributed by atoms with van der Waals surface area (Å²) >= 11 is 1.70. The molecule has 6 nitrogen and oxygen atoms in total. The van der Waals surface area contributed by atoms with Gasteiger partial charge in [-0.3, -0.25) is 4.99 Å². The smallest absolute Gasteiger partial charge is 0.188 e. The number of thiazole rings is 1. The average Bonchev–Trinajstić information content (AvgIpc) is 3.00. The Hall–Kier alpha value is -2.28. The molecule has 1 heterocycles. The van der Waals surface area contributed by atoms with Crippen LogP contribution in [0.15, 0.2) is 29.4 Å². The minimum atomic E-state index is 0.462. The number of guanidine groups is 1. The molecule has 0 spiro atoms. The molecule has 1 aromatic heterocycles. The van der Waals surface area contributed by atoms with Crippen molar-refractivity contribution in [2.45, 2.75) is 19.8 Å². The number of hydrogen-bond acceptors (Lipinski definition) is 5. The number of aliphatic imine (C=N–C) groups is 1. The zero-order valence-electron chi connectivity index (χ0n) is 14.3. The minimum Gasteiger partial charge on any atom is -0.493 e. The van der Waals surface area contributed by atoms with E-state index >= 15 is 0 Å². The lowest BCUT2D eigenvalue weighted by atomic mass is 10.1. The van der Waals surface area contributed by atoms with Crippen molar-refractivity contribution in [2.24, 2.45) is 10.7 Å². The number of rotatable bonds is 8. The summed E-state index contributed by atoms with van der Waals surface area (Å²) in [4.78, 5) is 9.85. The molecule has 0 bridgehead atoms. The maximum absolute atomic E-state index is 5.89. The number of methoxy groups -OCH3 is 2. The number of aromatic nitrogens is 1. The number of nitrogens with zero attached hydrogens (tertiary/aromatic N) is 2. The third-order valence-corrected chi connectivity index (χ3v) is 4.42. The van der Waals surface area contributed by atoms with Gasteiger partial charge in [0.1, 0.15) is 0 Å². The molecular weight excluding hydrogens is 324 g/mol. The third kappa shape index (κ3) is 5.42. The second kappa shape index (κ2) is 9.12. The van der Waals surface area contributed by atoms with Gasteiger partial charge in [0.25, 0.3) is 0 Å². The van der Waals surface area contributed by atoms with Gasteiger partial charge in [-0.05, 0) is 31.0 Å². The Morgan fingerprint density at radius 2 is 2.04 bits per heavy atom. The number of benzene rings is 1. The van der Waals surface area contributed by atoms with Crippen LogP contribution < -0.4 is 20.5 Å². The lowest BCUT2D eigenvalue weighted by molar-refractivity contribution is 0.354. The molecule has 3 N–H and O–H groups in total. The van der Waals surface area contributed by atoms with Gasteiger partial charge >= 0.3 is 0 Å². The van der Waals surface area contributed by atoms with E-state index < -0.39 is 0 Å². The topological polar surface area (TPSA) is 81.8 Å². The van der Waals surface area contributed by atoms with Crippen LogP contribution >= 0.6 is 11.3 Å². The summed E-state index contributed by atoms with van der Waals surface area (Å²) in [7, 11) is 3.26. The molecule has 0 saturated heterocycles. The number of nitrogens with two attached hydrogens (primary N) is 1. The van der Waals surface area contributed by atoms with E-state index in [1.165, 1.54) is 4.88 Å². The van der Waals surface area contributed by atoms with Gasteiger partial charge in [-0.25, -0.2) is 4.98 Å². The first-order valence-corrected chi connectivity index (χ1v) is 8.60. The van der Waals surface area contributed by atoms with Crippen molar-refractivity contribution in [1.82, 2.24) is 10.3 Å². The Labute approximate surface area is 146 Å². The van der Waals surface area contributed by atoms with Crippen molar-refractivity contribution >= 4 is 17.3 Å². The molecule has 2 aromatic rings. The molecule has 0 amide bonds. The zero-order chi connectivity index (χ0) is 17.4. The second-order valence-electron chi connectivity index (χ2n) is 5.25. The van der Waals surface area contributed by atoms with E-state index in [-0.39, 0.29) is 0 Å². The van der Waals surface area contributed by atoms with E-state index in [0.717, 1.165) is 34.9 Å². The molecule has 130 valence electrons. The number of nitrogens with one attached hydrogen (secondary N) is 1. The molecule has 0 saturated carbocycles. The van der Waals surface area contributed by atoms with Crippen molar-refractivity contribution < 1.29 is 9.47 Å². The molecule has 0 atom stereocenters. The highest BCUT2D eigenvalue weighted by molar-refractivity contribution is 7.11. The van der Waals surface area contributed by atoms with Crippen LogP contribution in [0.1, 0.15) is 15.4 Å². The Bertz CT molecular complexity index is 685. The molecule has 0 aliphatic rings. The predicted molar refractivity (Wildman–Crippen MR) is 98.3 cm³/mol. The summed E-state index contributed by atoms with van der Waals surface area (Å²) in [5.41, 5.74) is 7.03. The highest BCUT2D eigenvalue weighted by atomic mass is 32.1. The van der Waals surface area contributed by atoms with Gasteiger partial charge < -0.3 is 20.5 Å². The van der Waals surface area contributed by atoms with E-state index in [0.29, 0.717) is 19.0 Å². The first-order chi connectivity index (χ1) is 11.6. The van der Waals surface area contributed by atoms with Crippen LogP contribution in [0.25, 0.3) is 0 Å². The van der Waals surface area contributed by atoms with Gasteiger partial charge in [0.15, 0.2) is 17.5 Å². The Morgan fingerprint density at radius 1 is 1.25 bits per heavy atom. The molecule has 0 fully saturated rings. The number of ether oxygens (including phenoxy) is 2. The molecular formula is C17H24N4O2S. The summed E-state index contributed by atoms with van der Waals surface area (Å²) < 4.78 is 10.5. The molecule has 1 aromatic carbocycles. The van der Waals surface area contributed by atoms with Crippen molar-refractivity contribution in [3.8, 4) is 11.5 Å². The monoisotopic (exact) mass is 348 g/mol. The maximum atomic E-state index is 5.89. The van der Waals surface area contributed by atoms with Gasteiger partial charge in [-0.2, -0.15) is 0 Å². The predicted octanol–water partition coefficient (Wildman–Crippen LogP) is 2.16.